The highest BCUT2D eigenvalue weighted by Crippen LogP contribution is 2.68. The van der Waals surface area contributed by atoms with Crippen LogP contribution in [-0.4, -0.2) is 13.2 Å². The molecule has 9 aliphatic carbocycles. The highest BCUT2D eigenvalue weighted by Gasteiger charge is 2.57. The molecule has 0 atom stereocenters. The van der Waals surface area contributed by atoms with Crippen molar-refractivity contribution >= 4 is 0 Å². The molecular weight excluding hydrogens is 629 g/mol. The van der Waals surface area contributed by atoms with E-state index in [-0.39, 0.29) is 0 Å². The first-order chi connectivity index (χ1) is 24.6. The number of ether oxygens (including phenoxy) is 1. The molecule has 1 aromatic rings. The summed E-state index contributed by atoms with van der Waals surface area (Å²) in [6.45, 7) is 29.9. The number of benzene rings is 1. The third-order valence-corrected chi connectivity index (χ3v) is 16.9. The van der Waals surface area contributed by atoms with Crippen LogP contribution in [0.5, 0.6) is 0 Å². The fourth-order valence-electron chi connectivity index (χ4n) is 11.0. The average Bonchev–Trinajstić information content (AvgIpc) is 3.64. The van der Waals surface area contributed by atoms with Crippen molar-refractivity contribution in [1.82, 2.24) is 0 Å². The van der Waals surface area contributed by atoms with Crippen LogP contribution in [0.3, 0.4) is 0 Å². The number of hydrogen-bond acceptors (Lipinski definition) is 1. The molecule has 10 aliphatic rings. The van der Waals surface area contributed by atoms with Crippen molar-refractivity contribution in [2.45, 2.75) is 198 Å². The van der Waals surface area contributed by atoms with Gasteiger partial charge < -0.3 is 4.74 Å². The van der Waals surface area contributed by atoms with Gasteiger partial charge in [0.15, 0.2) is 0 Å². The first-order valence-electron chi connectivity index (χ1n) is 23.2. The summed E-state index contributed by atoms with van der Waals surface area (Å²) in [4.78, 5) is 0. The normalized spacial score (nSPS) is 33.5. The van der Waals surface area contributed by atoms with Gasteiger partial charge in [-0.15, -0.1) is 0 Å². The van der Waals surface area contributed by atoms with Crippen molar-refractivity contribution in [3.8, 4) is 0 Å². The van der Waals surface area contributed by atoms with Gasteiger partial charge in [-0.05, 0) is 171 Å². The van der Waals surface area contributed by atoms with Crippen molar-refractivity contribution in [2.24, 2.45) is 75.4 Å². The van der Waals surface area contributed by atoms with Crippen LogP contribution < -0.4 is 0 Å². The Hall–Kier alpha value is -0.820. The third-order valence-electron chi connectivity index (χ3n) is 16.9. The monoisotopic (exact) mass is 719 g/mol. The van der Waals surface area contributed by atoms with Gasteiger partial charge in [-0.2, -0.15) is 0 Å². The Balaban J connectivity index is 0.000000141. The van der Waals surface area contributed by atoms with Crippen LogP contribution in [0.2, 0.25) is 0 Å². The van der Waals surface area contributed by atoms with E-state index in [1.54, 1.807) is 25.7 Å². The standard InChI is InChI=1S/C11H20.C10H18.C9H12.C8H14.C7H14.C6H12O/c1-9(2)11-6-3-10(4-7-11)5-8-11;1-8(2)10-5-3-9(7-10)4-6-10;1-8(2)9-6-4-3-5-7-9;1-6(2)8-3-7(4-8)5-8;1-6(2)7-4-3-5-7;1-5(2)6-3-7-4-6/h9-10H,3-8H2,1-2H3;8-9H,3-7H2,1-2H3;3-8H,1-2H3;6-7H,3-5H2,1-2H3;6-7H,3-5H2,1-2H3;5-6H,3-4H2,1-2H3. The predicted molar refractivity (Wildman–Crippen MR) is 229 cm³/mol. The molecule has 1 heterocycles. The topological polar surface area (TPSA) is 9.23 Å². The minimum atomic E-state index is 0.659. The van der Waals surface area contributed by atoms with Gasteiger partial charge in [-0.1, -0.05) is 133 Å². The molecule has 9 saturated carbocycles. The maximum atomic E-state index is 5.00. The summed E-state index contributed by atoms with van der Waals surface area (Å²) in [7, 11) is 0. The molecule has 52 heavy (non-hydrogen) atoms. The smallest absolute Gasteiger partial charge is 0.0518 e. The quantitative estimate of drug-likeness (QED) is 0.285. The Bertz CT molecular complexity index is 1050. The summed E-state index contributed by atoms with van der Waals surface area (Å²) in [5.41, 5.74) is 3.88. The zero-order valence-electron chi connectivity index (χ0n) is 37.1. The van der Waals surface area contributed by atoms with Gasteiger partial charge in [0.05, 0.1) is 13.2 Å². The molecule has 0 N–H and O–H groups in total. The summed E-state index contributed by atoms with van der Waals surface area (Å²) >= 11 is 0. The summed E-state index contributed by atoms with van der Waals surface area (Å²) in [6, 6.07) is 10.5. The first kappa shape index (κ1) is 43.9. The maximum absolute atomic E-state index is 5.00. The lowest BCUT2D eigenvalue weighted by atomic mass is 9.41. The lowest BCUT2D eigenvalue weighted by Gasteiger charge is -2.64. The van der Waals surface area contributed by atoms with Crippen LogP contribution in [0, 0.1) is 75.4 Å². The number of fused-ring (bicyclic) bond motifs is 5. The zero-order valence-corrected chi connectivity index (χ0v) is 37.1. The van der Waals surface area contributed by atoms with E-state index in [1.165, 1.54) is 89.0 Å². The lowest BCUT2D eigenvalue weighted by molar-refractivity contribution is -0.141. The van der Waals surface area contributed by atoms with Crippen molar-refractivity contribution in [2.75, 3.05) is 13.2 Å². The van der Waals surface area contributed by atoms with Crippen LogP contribution in [0.4, 0.5) is 0 Å². The molecule has 0 spiro atoms. The number of hydrogen-bond donors (Lipinski definition) is 0. The Morgan fingerprint density at radius 3 is 1.04 bits per heavy atom. The van der Waals surface area contributed by atoms with Gasteiger partial charge in [0.1, 0.15) is 0 Å². The van der Waals surface area contributed by atoms with Crippen LogP contribution in [0.25, 0.3) is 0 Å². The first-order valence-corrected chi connectivity index (χ1v) is 23.2. The fourth-order valence-corrected chi connectivity index (χ4v) is 11.0. The summed E-state index contributed by atoms with van der Waals surface area (Å²) in [5, 5.41) is 0. The molecule has 10 fully saturated rings. The maximum Gasteiger partial charge on any atom is 0.0518 e. The molecule has 1 saturated heterocycles. The van der Waals surface area contributed by atoms with E-state index in [2.05, 4.69) is 107 Å². The summed E-state index contributed by atoms with van der Waals surface area (Å²) in [5.74, 6) is 10.6. The van der Waals surface area contributed by atoms with Gasteiger partial charge in [0.2, 0.25) is 0 Å². The van der Waals surface area contributed by atoms with E-state index in [9.17, 15) is 0 Å². The zero-order chi connectivity index (χ0) is 38.1. The Kier molecular flexibility index (Phi) is 16.8. The van der Waals surface area contributed by atoms with Crippen LogP contribution in [0.1, 0.15) is 204 Å². The second kappa shape index (κ2) is 19.9. The van der Waals surface area contributed by atoms with Crippen molar-refractivity contribution in [3.63, 3.8) is 0 Å². The highest BCUT2D eigenvalue weighted by atomic mass is 16.5. The minimum Gasteiger partial charge on any atom is -0.381 e. The van der Waals surface area contributed by atoms with Crippen molar-refractivity contribution < 1.29 is 4.74 Å². The Morgan fingerprint density at radius 1 is 0.462 bits per heavy atom. The van der Waals surface area contributed by atoms with E-state index in [0.29, 0.717) is 5.92 Å². The predicted octanol–water partition coefficient (Wildman–Crippen LogP) is 15.8. The Morgan fingerprint density at radius 2 is 0.885 bits per heavy atom. The SMILES string of the molecule is CC(C)C12CC(C1)C2.CC(C)C12CCC(CC1)C2.CC(C)C12CCC(CC1)CC2.CC(C)C1CCC1.CC(C)C1COC1.CC(C)c1ccccc1. The van der Waals surface area contributed by atoms with E-state index in [1.807, 2.05) is 6.07 Å². The van der Waals surface area contributed by atoms with E-state index in [0.717, 1.165) is 88.6 Å². The molecule has 1 aliphatic heterocycles. The molecule has 0 aromatic heterocycles. The van der Waals surface area contributed by atoms with Crippen LogP contribution in [0.15, 0.2) is 30.3 Å². The van der Waals surface area contributed by atoms with Gasteiger partial charge in [-0.25, -0.2) is 0 Å². The average molecular weight is 719 g/mol. The second-order valence-corrected chi connectivity index (χ2v) is 21.7. The molecule has 11 rings (SSSR count). The molecule has 300 valence electrons. The lowest BCUT2D eigenvalue weighted by Crippen LogP contribution is -2.54. The molecule has 0 amide bonds. The largest absolute Gasteiger partial charge is 0.381 e. The van der Waals surface area contributed by atoms with Gasteiger partial charge in [0.25, 0.3) is 0 Å². The molecular formula is C51H90O. The van der Waals surface area contributed by atoms with Crippen LogP contribution in [-0.2, 0) is 4.74 Å². The van der Waals surface area contributed by atoms with E-state index < -0.39 is 0 Å². The number of rotatable bonds is 6. The second-order valence-electron chi connectivity index (χ2n) is 21.7. The van der Waals surface area contributed by atoms with E-state index in [4.69, 9.17) is 4.74 Å². The van der Waals surface area contributed by atoms with Crippen LogP contribution >= 0.6 is 0 Å². The third kappa shape index (κ3) is 11.6. The van der Waals surface area contributed by atoms with Gasteiger partial charge >= 0.3 is 0 Å². The van der Waals surface area contributed by atoms with Crippen molar-refractivity contribution in [1.29, 1.82) is 0 Å². The van der Waals surface area contributed by atoms with Gasteiger partial charge in [-0.3, -0.25) is 0 Å². The summed E-state index contributed by atoms with van der Waals surface area (Å²) in [6.07, 6.45) is 26.1. The molecule has 1 heteroatoms. The highest BCUT2D eigenvalue weighted by molar-refractivity contribution is 5.17. The van der Waals surface area contributed by atoms with Crippen molar-refractivity contribution in [3.05, 3.63) is 35.9 Å². The molecule has 0 unspecified atom stereocenters. The fraction of sp³-hybridized carbons (Fsp3) is 0.882. The molecule has 1 aromatic carbocycles. The molecule has 1 nitrogen and oxygen atoms in total. The van der Waals surface area contributed by atoms with Gasteiger partial charge in [0, 0.05) is 5.92 Å². The molecule has 6 bridgehead atoms. The summed E-state index contributed by atoms with van der Waals surface area (Å²) < 4.78 is 5.00. The Labute approximate surface area is 326 Å². The minimum absolute atomic E-state index is 0.659. The van der Waals surface area contributed by atoms with E-state index >= 15 is 0 Å². The molecule has 0 radical (unpaired) electrons.